The molecule has 22 heavy (non-hydrogen) atoms. The van der Waals surface area contributed by atoms with Crippen LogP contribution in [-0.4, -0.2) is 45.0 Å². The van der Waals surface area contributed by atoms with E-state index < -0.39 is 52.1 Å². The zero-order valence-corrected chi connectivity index (χ0v) is 10.6. The van der Waals surface area contributed by atoms with Gasteiger partial charge in [-0.3, -0.25) is 9.59 Å². The molecule has 3 N–H and O–H groups in total. The zero-order chi connectivity index (χ0) is 16.6. The number of carboxylic acid groups (broad SMARTS) is 3. The third-order valence-corrected chi connectivity index (χ3v) is 2.88. The average Bonchev–Trinajstić information content (AvgIpc) is 2.76. The van der Waals surface area contributed by atoms with Crippen molar-refractivity contribution in [2.24, 2.45) is 0 Å². The van der Waals surface area contributed by atoms with Crippen LogP contribution in [0.4, 0.5) is 5.69 Å². The van der Waals surface area contributed by atoms with Crippen molar-refractivity contribution in [3.63, 3.8) is 0 Å². The van der Waals surface area contributed by atoms with Gasteiger partial charge in [0.1, 0.15) is 0 Å². The van der Waals surface area contributed by atoms with Crippen LogP contribution in [0.3, 0.4) is 0 Å². The molecule has 0 spiro atoms. The van der Waals surface area contributed by atoms with Crippen molar-refractivity contribution < 1.29 is 39.3 Å². The molecule has 9 nitrogen and oxygen atoms in total. The van der Waals surface area contributed by atoms with Crippen LogP contribution in [-0.2, 0) is 9.59 Å². The molecule has 0 unspecified atom stereocenters. The summed E-state index contributed by atoms with van der Waals surface area (Å²) in [6.45, 7) is 0. The van der Waals surface area contributed by atoms with Crippen LogP contribution in [0.1, 0.15) is 31.1 Å². The number of carbonyl (C=O) groups excluding carboxylic acids is 2. The van der Waals surface area contributed by atoms with Gasteiger partial charge in [0.15, 0.2) is 0 Å². The number of rotatable bonds is 4. The molecular weight excluding hydrogens is 298 g/mol. The Morgan fingerprint density at radius 1 is 0.727 bits per heavy atom. The number of nitrogens with zero attached hydrogens (tertiary/aromatic N) is 1. The van der Waals surface area contributed by atoms with E-state index in [1.807, 2.05) is 0 Å². The van der Waals surface area contributed by atoms with E-state index in [0.717, 1.165) is 12.2 Å². The van der Waals surface area contributed by atoms with Crippen molar-refractivity contribution in [1.29, 1.82) is 0 Å². The minimum Gasteiger partial charge on any atom is -0.478 e. The summed E-state index contributed by atoms with van der Waals surface area (Å²) in [5.74, 6) is -6.60. The monoisotopic (exact) mass is 305 g/mol. The van der Waals surface area contributed by atoms with Gasteiger partial charge in [0, 0.05) is 12.2 Å². The highest BCUT2D eigenvalue weighted by atomic mass is 16.4. The van der Waals surface area contributed by atoms with E-state index in [0.29, 0.717) is 17.0 Å². The normalized spacial score (nSPS) is 13.5. The summed E-state index contributed by atoms with van der Waals surface area (Å²) in [6.07, 6.45) is 1.78. The maximum absolute atomic E-state index is 11.6. The summed E-state index contributed by atoms with van der Waals surface area (Å²) >= 11 is 0. The van der Waals surface area contributed by atoms with Gasteiger partial charge in [-0.1, -0.05) is 0 Å². The number of aromatic carboxylic acids is 3. The third kappa shape index (κ3) is 2.30. The Morgan fingerprint density at radius 3 is 1.55 bits per heavy atom. The van der Waals surface area contributed by atoms with Gasteiger partial charge in [-0.2, -0.15) is 0 Å². The molecule has 1 aromatic rings. The standard InChI is InChI=1S/C13H7NO8/c15-9-1-2-10(16)14(9)8-4-6(12(19)20)5(11(17)18)3-7(8)13(21)22/h1-4H,(H,17,18)(H,19,20)(H,21,22). The Kier molecular flexibility index (Phi) is 3.47. The van der Waals surface area contributed by atoms with E-state index in [9.17, 15) is 24.0 Å². The van der Waals surface area contributed by atoms with Gasteiger partial charge in [0.05, 0.1) is 22.4 Å². The summed E-state index contributed by atoms with van der Waals surface area (Å²) in [7, 11) is 0. The first-order chi connectivity index (χ1) is 10.2. The van der Waals surface area contributed by atoms with E-state index in [1.54, 1.807) is 0 Å². The van der Waals surface area contributed by atoms with Gasteiger partial charge in [0.2, 0.25) is 0 Å². The highest BCUT2D eigenvalue weighted by Gasteiger charge is 2.32. The molecular formula is C13H7NO8. The zero-order valence-electron chi connectivity index (χ0n) is 10.6. The van der Waals surface area contributed by atoms with Crippen molar-refractivity contribution in [1.82, 2.24) is 0 Å². The molecule has 1 heterocycles. The van der Waals surface area contributed by atoms with Crippen LogP contribution < -0.4 is 4.90 Å². The van der Waals surface area contributed by atoms with E-state index >= 15 is 0 Å². The van der Waals surface area contributed by atoms with Crippen molar-refractivity contribution >= 4 is 35.4 Å². The van der Waals surface area contributed by atoms with E-state index in [4.69, 9.17) is 15.3 Å². The van der Waals surface area contributed by atoms with E-state index in [2.05, 4.69) is 0 Å². The summed E-state index contributed by atoms with van der Waals surface area (Å²) in [6, 6.07) is 1.28. The molecule has 0 aliphatic carbocycles. The fraction of sp³-hybridized carbons (Fsp3) is 0. The number of carbonyl (C=O) groups is 5. The lowest BCUT2D eigenvalue weighted by Gasteiger charge is -2.18. The van der Waals surface area contributed by atoms with Crippen molar-refractivity contribution in [2.75, 3.05) is 4.90 Å². The highest BCUT2D eigenvalue weighted by Crippen LogP contribution is 2.28. The summed E-state index contributed by atoms with van der Waals surface area (Å²) in [5.41, 5.74) is -2.68. The second-order valence-electron chi connectivity index (χ2n) is 4.18. The molecule has 1 aliphatic heterocycles. The summed E-state index contributed by atoms with van der Waals surface area (Å²) in [4.78, 5) is 57.1. The van der Waals surface area contributed by atoms with Crippen molar-refractivity contribution in [3.05, 3.63) is 41.0 Å². The van der Waals surface area contributed by atoms with Gasteiger partial charge in [0.25, 0.3) is 11.8 Å². The molecule has 0 radical (unpaired) electrons. The first-order valence-electron chi connectivity index (χ1n) is 5.68. The Balaban J connectivity index is 2.77. The molecule has 0 bridgehead atoms. The third-order valence-electron chi connectivity index (χ3n) is 2.88. The molecule has 112 valence electrons. The number of anilines is 1. The minimum atomic E-state index is -1.65. The lowest BCUT2D eigenvalue weighted by Crippen LogP contribution is -2.31. The number of carboxylic acids is 3. The first-order valence-corrected chi connectivity index (χ1v) is 5.68. The lowest BCUT2D eigenvalue weighted by molar-refractivity contribution is -0.120. The fourth-order valence-corrected chi connectivity index (χ4v) is 1.94. The van der Waals surface area contributed by atoms with Crippen molar-refractivity contribution in [3.8, 4) is 0 Å². The lowest BCUT2D eigenvalue weighted by atomic mass is 10.0. The molecule has 0 fully saturated rings. The second-order valence-corrected chi connectivity index (χ2v) is 4.18. The van der Waals surface area contributed by atoms with Crippen molar-refractivity contribution in [2.45, 2.75) is 0 Å². The predicted octanol–water partition coefficient (Wildman–Crippen LogP) is 0.211. The van der Waals surface area contributed by atoms with Crippen LogP contribution in [0.5, 0.6) is 0 Å². The maximum Gasteiger partial charge on any atom is 0.337 e. The Hall–Kier alpha value is -3.49. The Bertz CT molecular complexity index is 758. The van der Waals surface area contributed by atoms with Crippen LogP contribution in [0, 0.1) is 0 Å². The number of benzene rings is 1. The smallest absolute Gasteiger partial charge is 0.337 e. The van der Waals surface area contributed by atoms with Crippen LogP contribution in [0.2, 0.25) is 0 Å². The summed E-state index contributed by atoms with van der Waals surface area (Å²) in [5, 5.41) is 27.1. The second kappa shape index (κ2) is 5.13. The number of hydrogen-bond acceptors (Lipinski definition) is 5. The average molecular weight is 305 g/mol. The topological polar surface area (TPSA) is 149 Å². The molecule has 0 atom stereocenters. The molecule has 9 heteroatoms. The predicted molar refractivity (Wildman–Crippen MR) is 69.0 cm³/mol. The molecule has 1 aromatic carbocycles. The number of hydrogen-bond donors (Lipinski definition) is 3. The van der Waals surface area contributed by atoms with Crippen LogP contribution in [0.15, 0.2) is 24.3 Å². The van der Waals surface area contributed by atoms with Crippen LogP contribution in [0.25, 0.3) is 0 Å². The quantitative estimate of drug-likeness (QED) is 0.668. The molecule has 0 saturated heterocycles. The first kappa shape index (κ1) is 14.9. The molecule has 1 aliphatic rings. The molecule has 2 amide bonds. The Morgan fingerprint density at radius 2 is 1.14 bits per heavy atom. The molecule has 0 aromatic heterocycles. The van der Waals surface area contributed by atoms with Gasteiger partial charge >= 0.3 is 17.9 Å². The summed E-state index contributed by atoms with van der Waals surface area (Å²) < 4.78 is 0. The molecule has 2 rings (SSSR count). The van der Waals surface area contributed by atoms with E-state index in [-0.39, 0.29) is 0 Å². The van der Waals surface area contributed by atoms with Gasteiger partial charge in [-0.05, 0) is 12.1 Å². The van der Waals surface area contributed by atoms with Gasteiger partial charge in [-0.15, -0.1) is 0 Å². The van der Waals surface area contributed by atoms with E-state index in [1.165, 1.54) is 0 Å². The van der Waals surface area contributed by atoms with Gasteiger partial charge < -0.3 is 15.3 Å². The molecule has 0 saturated carbocycles. The Labute approximate surface area is 121 Å². The SMILES string of the molecule is O=C(O)c1cc(C(=O)O)c(N2C(=O)C=CC2=O)cc1C(=O)O. The largest absolute Gasteiger partial charge is 0.478 e. The fourth-order valence-electron chi connectivity index (χ4n) is 1.94. The van der Waals surface area contributed by atoms with Gasteiger partial charge in [-0.25, -0.2) is 19.3 Å². The highest BCUT2D eigenvalue weighted by molar-refractivity contribution is 6.29. The minimum absolute atomic E-state index is 0.460. The number of amides is 2. The maximum atomic E-state index is 11.6. The van der Waals surface area contributed by atoms with Crippen LogP contribution >= 0.6 is 0 Å². The number of imide groups is 1.